The number of halogens is 1. The fourth-order valence-corrected chi connectivity index (χ4v) is 6.48. The van der Waals surface area contributed by atoms with Crippen molar-refractivity contribution < 1.29 is 4.79 Å². The van der Waals surface area contributed by atoms with Crippen molar-refractivity contribution in [3.05, 3.63) is 52.2 Å². The molecule has 1 atom stereocenters. The Morgan fingerprint density at radius 1 is 1.09 bits per heavy atom. The van der Waals surface area contributed by atoms with E-state index in [4.69, 9.17) is 21.6 Å². The van der Waals surface area contributed by atoms with E-state index in [1.165, 1.54) is 35.1 Å². The molecular weight excluding hydrogens is 452 g/mol. The summed E-state index contributed by atoms with van der Waals surface area (Å²) in [6.07, 6.45) is 7.98. The van der Waals surface area contributed by atoms with Gasteiger partial charge in [-0.25, -0.2) is 9.97 Å². The van der Waals surface area contributed by atoms with Gasteiger partial charge in [0.15, 0.2) is 0 Å². The van der Waals surface area contributed by atoms with Gasteiger partial charge in [-0.15, -0.1) is 22.9 Å². The summed E-state index contributed by atoms with van der Waals surface area (Å²) in [6, 6.07) is 9.63. The van der Waals surface area contributed by atoms with E-state index in [1.807, 2.05) is 46.6 Å². The second-order valence-corrected chi connectivity index (χ2v) is 10.6. The predicted octanol–water partition coefficient (Wildman–Crippen LogP) is 5.54. The van der Waals surface area contributed by atoms with Gasteiger partial charge in [0.2, 0.25) is 5.91 Å². The first-order valence-electron chi connectivity index (χ1n) is 12.2. The standard InChI is InChI=1S/C26H31ClN4OS/c1-2-3-13-21-28-24(22-19-11-7-8-12-20(19)33-25(22)29-21)30-14-16-31(17-15-30)26(32)23(27)18-9-5-4-6-10-18/h4-6,9-10,23H,2-3,7-8,11-17H2,1H3/t23-/m1/s1. The summed E-state index contributed by atoms with van der Waals surface area (Å²) in [5.41, 5.74) is 2.33. The Hall–Kier alpha value is -2.18. The first-order chi connectivity index (χ1) is 16.2. The van der Waals surface area contributed by atoms with Crippen LogP contribution in [-0.4, -0.2) is 47.0 Å². The second-order valence-electron chi connectivity index (χ2n) is 9.04. The van der Waals surface area contributed by atoms with Crippen LogP contribution >= 0.6 is 22.9 Å². The van der Waals surface area contributed by atoms with Crippen LogP contribution in [-0.2, 0) is 24.1 Å². The van der Waals surface area contributed by atoms with Gasteiger partial charge in [-0.05, 0) is 43.2 Å². The first kappa shape index (κ1) is 22.6. The van der Waals surface area contributed by atoms with Crippen LogP contribution in [0.15, 0.2) is 30.3 Å². The third-order valence-corrected chi connectivity index (χ3v) is 8.42. The van der Waals surface area contributed by atoms with E-state index >= 15 is 0 Å². The second kappa shape index (κ2) is 9.98. The molecule has 0 radical (unpaired) electrons. The number of hydrogen-bond acceptors (Lipinski definition) is 5. The number of amides is 1. The molecule has 1 saturated heterocycles. The number of aromatic nitrogens is 2. The number of nitrogens with zero attached hydrogens (tertiary/aromatic N) is 4. The summed E-state index contributed by atoms with van der Waals surface area (Å²) in [4.78, 5) is 30.0. The van der Waals surface area contributed by atoms with E-state index in [-0.39, 0.29) is 5.91 Å². The number of piperazine rings is 1. The van der Waals surface area contributed by atoms with Gasteiger partial charge in [-0.3, -0.25) is 4.79 Å². The Labute approximate surface area is 204 Å². The van der Waals surface area contributed by atoms with Crippen molar-refractivity contribution in [2.24, 2.45) is 0 Å². The Kier molecular flexibility index (Phi) is 6.84. The van der Waals surface area contributed by atoms with Gasteiger partial charge in [0, 0.05) is 37.5 Å². The molecule has 1 aliphatic heterocycles. The van der Waals surface area contributed by atoms with Crippen molar-refractivity contribution in [3.63, 3.8) is 0 Å². The van der Waals surface area contributed by atoms with Gasteiger partial charge >= 0.3 is 0 Å². The zero-order valence-corrected chi connectivity index (χ0v) is 20.8. The highest BCUT2D eigenvalue weighted by Gasteiger charge is 2.30. The Morgan fingerprint density at radius 3 is 2.61 bits per heavy atom. The number of benzene rings is 1. The van der Waals surface area contributed by atoms with Crippen molar-refractivity contribution >= 4 is 44.9 Å². The maximum Gasteiger partial charge on any atom is 0.245 e. The minimum absolute atomic E-state index is 0.00750. The number of carbonyl (C=O) groups is 1. The van der Waals surface area contributed by atoms with Crippen LogP contribution in [0.1, 0.15) is 59.8 Å². The van der Waals surface area contributed by atoms with Crippen molar-refractivity contribution in [2.75, 3.05) is 31.1 Å². The minimum atomic E-state index is -0.631. The number of anilines is 1. The van der Waals surface area contributed by atoms with Gasteiger partial charge in [-0.2, -0.15) is 0 Å². The lowest BCUT2D eigenvalue weighted by atomic mass is 9.96. The summed E-state index contributed by atoms with van der Waals surface area (Å²) in [5, 5.41) is 0.641. The number of rotatable bonds is 6. The van der Waals surface area contributed by atoms with Crippen molar-refractivity contribution in [3.8, 4) is 0 Å². The van der Waals surface area contributed by atoms with E-state index < -0.39 is 5.38 Å². The number of fused-ring (bicyclic) bond motifs is 3. The van der Waals surface area contributed by atoms with Gasteiger partial charge in [-0.1, -0.05) is 43.7 Å². The van der Waals surface area contributed by atoms with Crippen LogP contribution in [0.3, 0.4) is 0 Å². The number of aryl methyl sites for hydroxylation is 3. The molecule has 0 saturated carbocycles. The SMILES string of the molecule is CCCCc1nc(N2CCN(C(=O)[C@H](Cl)c3ccccc3)CC2)c2c3c(sc2n1)CCCC3. The predicted molar refractivity (Wildman–Crippen MR) is 136 cm³/mol. The quantitative estimate of drug-likeness (QED) is 0.433. The lowest BCUT2D eigenvalue weighted by Crippen LogP contribution is -2.50. The first-order valence-corrected chi connectivity index (χ1v) is 13.4. The molecule has 1 amide bonds. The third-order valence-electron chi connectivity index (χ3n) is 6.80. The Bertz CT molecular complexity index is 1120. The molecule has 3 aromatic rings. The molecule has 0 N–H and O–H groups in total. The molecule has 1 aliphatic carbocycles. The number of thiophene rings is 1. The van der Waals surface area contributed by atoms with Crippen LogP contribution in [0.5, 0.6) is 0 Å². The van der Waals surface area contributed by atoms with Gasteiger partial charge < -0.3 is 9.80 Å². The molecule has 2 aromatic heterocycles. The van der Waals surface area contributed by atoms with Crippen LogP contribution in [0.4, 0.5) is 5.82 Å². The summed E-state index contributed by atoms with van der Waals surface area (Å²) < 4.78 is 0. The van der Waals surface area contributed by atoms with E-state index in [0.29, 0.717) is 13.1 Å². The molecular formula is C26H31ClN4OS. The zero-order valence-electron chi connectivity index (χ0n) is 19.2. The summed E-state index contributed by atoms with van der Waals surface area (Å²) in [7, 11) is 0. The number of carbonyl (C=O) groups excluding carboxylic acids is 1. The zero-order chi connectivity index (χ0) is 22.8. The fourth-order valence-electron chi connectivity index (χ4n) is 4.92. The molecule has 2 aliphatic rings. The van der Waals surface area contributed by atoms with E-state index in [2.05, 4.69) is 11.8 Å². The molecule has 0 unspecified atom stereocenters. The fraction of sp³-hybridized carbons (Fsp3) is 0.500. The van der Waals surface area contributed by atoms with Crippen molar-refractivity contribution in [2.45, 2.75) is 57.2 Å². The summed E-state index contributed by atoms with van der Waals surface area (Å²) >= 11 is 8.40. The van der Waals surface area contributed by atoms with E-state index in [0.717, 1.165) is 60.8 Å². The van der Waals surface area contributed by atoms with E-state index in [1.54, 1.807) is 0 Å². The molecule has 1 aromatic carbocycles. The normalized spacial score (nSPS) is 17.3. The van der Waals surface area contributed by atoms with E-state index in [9.17, 15) is 4.79 Å². The minimum Gasteiger partial charge on any atom is -0.352 e. The monoisotopic (exact) mass is 482 g/mol. The molecule has 5 rings (SSSR count). The van der Waals surface area contributed by atoms with Crippen LogP contribution in [0.25, 0.3) is 10.2 Å². The lowest BCUT2D eigenvalue weighted by molar-refractivity contribution is -0.131. The summed E-state index contributed by atoms with van der Waals surface area (Å²) in [5.74, 6) is 2.04. The number of alkyl halides is 1. The van der Waals surface area contributed by atoms with Crippen molar-refractivity contribution in [1.82, 2.24) is 14.9 Å². The molecule has 33 heavy (non-hydrogen) atoms. The van der Waals surface area contributed by atoms with Gasteiger partial charge in [0.1, 0.15) is 21.8 Å². The molecule has 174 valence electrons. The molecule has 1 fully saturated rings. The maximum atomic E-state index is 13.0. The number of hydrogen-bond donors (Lipinski definition) is 0. The van der Waals surface area contributed by atoms with Crippen LogP contribution < -0.4 is 4.90 Å². The van der Waals surface area contributed by atoms with Gasteiger partial charge in [0.25, 0.3) is 0 Å². The van der Waals surface area contributed by atoms with Crippen LogP contribution in [0.2, 0.25) is 0 Å². The molecule has 0 spiro atoms. The molecule has 3 heterocycles. The highest BCUT2D eigenvalue weighted by atomic mass is 35.5. The highest BCUT2D eigenvalue weighted by Crippen LogP contribution is 2.40. The topological polar surface area (TPSA) is 49.3 Å². The highest BCUT2D eigenvalue weighted by molar-refractivity contribution is 7.19. The lowest BCUT2D eigenvalue weighted by Gasteiger charge is -2.36. The number of unbranched alkanes of at least 4 members (excludes halogenated alkanes) is 1. The maximum absolute atomic E-state index is 13.0. The molecule has 5 nitrogen and oxygen atoms in total. The Morgan fingerprint density at radius 2 is 1.85 bits per heavy atom. The average Bonchev–Trinajstić information content (AvgIpc) is 3.25. The molecule has 7 heteroatoms. The average molecular weight is 483 g/mol. The Balaban J connectivity index is 1.38. The molecule has 0 bridgehead atoms. The summed E-state index contributed by atoms with van der Waals surface area (Å²) in [6.45, 7) is 5.08. The smallest absolute Gasteiger partial charge is 0.245 e. The van der Waals surface area contributed by atoms with Crippen molar-refractivity contribution in [1.29, 1.82) is 0 Å². The third kappa shape index (κ3) is 4.60. The van der Waals surface area contributed by atoms with Crippen LogP contribution in [0, 0.1) is 0 Å². The van der Waals surface area contributed by atoms with Gasteiger partial charge in [0.05, 0.1) is 5.39 Å². The largest absolute Gasteiger partial charge is 0.352 e.